The minimum absolute atomic E-state index is 0.304. The smallest absolute Gasteiger partial charge is 0.268 e. The molecule has 1 N–H and O–H groups in total. The molecule has 0 saturated heterocycles. The van der Waals surface area contributed by atoms with Crippen molar-refractivity contribution in [3.05, 3.63) is 39.9 Å². The summed E-state index contributed by atoms with van der Waals surface area (Å²) in [5.41, 5.74) is 0.519. The highest BCUT2D eigenvalue weighted by atomic mass is 35.5. The molecule has 0 aliphatic heterocycles. The SMILES string of the molecule is Cc1nonc1NC(=O)c1sc2ccccc2c1Cl. The Balaban J connectivity index is 1.98. The molecule has 1 aromatic carbocycles. The molecular weight excluding hydrogens is 286 g/mol. The molecule has 0 aliphatic carbocycles. The number of anilines is 1. The van der Waals surface area contributed by atoms with E-state index < -0.39 is 0 Å². The molecule has 0 radical (unpaired) electrons. The van der Waals surface area contributed by atoms with Crippen molar-refractivity contribution in [2.45, 2.75) is 6.92 Å². The van der Waals surface area contributed by atoms with Crippen LogP contribution in [-0.2, 0) is 0 Å². The van der Waals surface area contributed by atoms with Crippen molar-refractivity contribution in [1.82, 2.24) is 10.3 Å². The summed E-state index contributed by atoms with van der Waals surface area (Å²) < 4.78 is 5.49. The molecule has 5 nitrogen and oxygen atoms in total. The topological polar surface area (TPSA) is 68.0 Å². The maximum absolute atomic E-state index is 12.2. The molecule has 1 amide bonds. The van der Waals surface area contributed by atoms with Crippen molar-refractivity contribution in [3.63, 3.8) is 0 Å². The number of benzene rings is 1. The molecule has 0 bridgehead atoms. The van der Waals surface area contributed by atoms with Crippen LogP contribution < -0.4 is 5.32 Å². The van der Waals surface area contributed by atoms with Gasteiger partial charge in [0.15, 0.2) is 0 Å². The van der Waals surface area contributed by atoms with E-state index in [1.54, 1.807) is 6.92 Å². The third kappa shape index (κ3) is 2.09. The lowest BCUT2D eigenvalue weighted by Gasteiger charge is -1.99. The number of carbonyl (C=O) groups excluding carboxylic acids is 1. The lowest BCUT2D eigenvalue weighted by Crippen LogP contribution is -2.11. The molecular formula is C12H8ClN3O2S. The number of amides is 1. The highest BCUT2D eigenvalue weighted by Crippen LogP contribution is 2.35. The Morgan fingerprint density at radius 1 is 1.37 bits per heavy atom. The summed E-state index contributed by atoms with van der Waals surface area (Å²) in [6.07, 6.45) is 0. The summed E-state index contributed by atoms with van der Waals surface area (Å²) in [4.78, 5) is 12.6. The van der Waals surface area contributed by atoms with Gasteiger partial charge in [-0.2, -0.15) is 0 Å². The fraction of sp³-hybridized carbons (Fsp3) is 0.0833. The predicted molar refractivity (Wildman–Crippen MR) is 73.8 cm³/mol. The molecule has 19 heavy (non-hydrogen) atoms. The van der Waals surface area contributed by atoms with Crippen molar-refractivity contribution in [1.29, 1.82) is 0 Å². The Morgan fingerprint density at radius 3 is 2.84 bits per heavy atom. The van der Waals surface area contributed by atoms with Gasteiger partial charge in [0.2, 0.25) is 5.82 Å². The van der Waals surface area contributed by atoms with E-state index in [-0.39, 0.29) is 5.91 Å². The normalized spacial score (nSPS) is 10.8. The zero-order chi connectivity index (χ0) is 13.4. The number of thiophene rings is 1. The summed E-state index contributed by atoms with van der Waals surface area (Å²) in [6.45, 7) is 1.69. The van der Waals surface area contributed by atoms with Gasteiger partial charge in [-0.1, -0.05) is 35.0 Å². The largest absolute Gasteiger partial charge is 0.301 e. The van der Waals surface area contributed by atoms with E-state index in [1.807, 2.05) is 24.3 Å². The summed E-state index contributed by atoms with van der Waals surface area (Å²) in [7, 11) is 0. The van der Waals surface area contributed by atoms with Crippen LogP contribution in [0.25, 0.3) is 10.1 Å². The Hall–Kier alpha value is -1.92. The summed E-state index contributed by atoms with van der Waals surface area (Å²) >= 11 is 7.56. The molecule has 3 aromatic rings. The molecule has 0 spiro atoms. The van der Waals surface area contributed by atoms with Crippen LogP contribution in [-0.4, -0.2) is 16.2 Å². The van der Waals surface area contributed by atoms with Gasteiger partial charge < -0.3 is 5.32 Å². The Bertz CT molecular complexity index is 765. The standard InChI is InChI=1S/C12H8ClN3O2S/c1-6-11(16-18-15-6)14-12(17)10-9(13)7-4-2-3-5-8(7)19-10/h2-5H,1H3,(H,14,16,17). The van der Waals surface area contributed by atoms with Gasteiger partial charge in [-0.3, -0.25) is 4.79 Å². The minimum Gasteiger partial charge on any atom is -0.301 e. The van der Waals surface area contributed by atoms with Crippen LogP contribution in [0.3, 0.4) is 0 Å². The average molecular weight is 294 g/mol. The molecule has 0 atom stereocenters. The molecule has 0 unspecified atom stereocenters. The van der Waals surface area contributed by atoms with Crippen molar-refractivity contribution < 1.29 is 9.42 Å². The van der Waals surface area contributed by atoms with Crippen LogP contribution in [0.4, 0.5) is 5.82 Å². The van der Waals surface area contributed by atoms with E-state index in [2.05, 4.69) is 20.3 Å². The van der Waals surface area contributed by atoms with Gasteiger partial charge in [0, 0.05) is 10.1 Å². The van der Waals surface area contributed by atoms with Gasteiger partial charge in [-0.25, -0.2) is 4.63 Å². The number of hydrogen-bond donors (Lipinski definition) is 1. The van der Waals surface area contributed by atoms with E-state index in [0.717, 1.165) is 10.1 Å². The van der Waals surface area contributed by atoms with Gasteiger partial charge in [-0.05, 0) is 18.1 Å². The van der Waals surface area contributed by atoms with E-state index in [0.29, 0.717) is 21.4 Å². The Kier molecular flexibility index (Phi) is 2.96. The minimum atomic E-state index is -0.315. The van der Waals surface area contributed by atoms with Crippen molar-refractivity contribution in [2.75, 3.05) is 5.32 Å². The number of aryl methyl sites for hydroxylation is 1. The maximum Gasteiger partial charge on any atom is 0.268 e. The van der Waals surface area contributed by atoms with Crippen LogP contribution in [0, 0.1) is 6.92 Å². The van der Waals surface area contributed by atoms with E-state index in [4.69, 9.17) is 11.6 Å². The number of nitrogens with one attached hydrogen (secondary N) is 1. The molecule has 0 saturated carbocycles. The van der Waals surface area contributed by atoms with E-state index in [1.165, 1.54) is 11.3 Å². The highest BCUT2D eigenvalue weighted by Gasteiger charge is 2.18. The fourth-order valence-corrected chi connectivity index (χ4v) is 3.08. The molecule has 7 heteroatoms. The molecule has 0 aliphatic rings. The highest BCUT2D eigenvalue weighted by molar-refractivity contribution is 7.21. The second-order valence-electron chi connectivity index (χ2n) is 3.89. The van der Waals surface area contributed by atoms with Crippen LogP contribution in [0.15, 0.2) is 28.9 Å². The van der Waals surface area contributed by atoms with Crippen molar-refractivity contribution >= 4 is 44.7 Å². The first kappa shape index (κ1) is 12.1. The summed E-state index contributed by atoms with van der Waals surface area (Å²) in [5, 5.41) is 11.2. The van der Waals surface area contributed by atoms with Crippen LogP contribution in [0.1, 0.15) is 15.4 Å². The Labute approximate surface area is 117 Å². The Morgan fingerprint density at radius 2 is 2.16 bits per heavy atom. The zero-order valence-electron chi connectivity index (χ0n) is 9.81. The number of nitrogens with zero attached hydrogens (tertiary/aromatic N) is 2. The zero-order valence-corrected chi connectivity index (χ0v) is 11.4. The lowest BCUT2D eigenvalue weighted by molar-refractivity contribution is 0.102. The number of aromatic nitrogens is 2. The van der Waals surface area contributed by atoms with E-state index >= 15 is 0 Å². The van der Waals surface area contributed by atoms with Gasteiger partial charge >= 0.3 is 0 Å². The third-order valence-electron chi connectivity index (χ3n) is 2.63. The number of rotatable bonds is 2. The monoisotopic (exact) mass is 293 g/mol. The first-order chi connectivity index (χ1) is 9.16. The lowest BCUT2D eigenvalue weighted by atomic mass is 10.2. The quantitative estimate of drug-likeness (QED) is 0.785. The van der Waals surface area contributed by atoms with Gasteiger partial charge in [0.1, 0.15) is 10.6 Å². The van der Waals surface area contributed by atoms with Crippen LogP contribution in [0.5, 0.6) is 0 Å². The van der Waals surface area contributed by atoms with Gasteiger partial charge in [0.25, 0.3) is 5.91 Å². The van der Waals surface area contributed by atoms with Crippen LogP contribution in [0.2, 0.25) is 5.02 Å². The molecule has 2 aromatic heterocycles. The number of fused-ring (bicyclic) bond motifs is 1. The number of halogens is 1. The predicted octanol–water partition coefficient (Wildman–Crippen LogP) is 3.50. The molecule has 96 valence electrons. The number of hydrogen-bond acceptors (Lipinski definition) is 5. The van der Waals surface area contributed by atoms with Crippen molar-refractivity contribution in [2.24, 2.45) is 0 Å². The van der Waals surface area contributed by atoms with Crippen LogP contribution >= 0.6 is 22.9 Å². The molecule has 3 rings (SSSR count). The first-order valence-electron chi connectivity index (χ1n) is 5.44. The van der Waals surface area contributed by atoms with Gasteiger partial charge in [0.05, 0.1) is 5.02 Å². The first-order valence-corrected chi connectivity index (χ1v) is 6.64. The third-order valence-corrected chi connectivity index (χ3v) is 4.30. The second kappa shape index (κ2) is 4.64. The number of carbonyl (C=O) groups is 1. The molecule has 0 fully saturated rings. The average Bonchev–Trinajstić information content (AvgIpc) is 2.95. The summed E-state index contributed by atoms with van der Waals surface area (Å²) in [6, 6.07) is 7.59. The molecule has 2 heterocycles. The maximum atomic E-state index is 12.2. The summed E-state index contributed by atoms with van der Waals surface area (Å²) in [5.74, 6) is -0.0106. The van der Waals surface area contributed by atoms with E-state index in [9.17, 15) is 4.79 Å². The van der Waals surface area contributed by atoms with Gasteiger partial charge in [-0.15, -0.1) is 11.3 Å². The van der Waals surface area contributed by atoms with Crippen molar-refractivity contribution in [3.8, 4) is 0 Å². The fourth-order valence-electron chi connectivity index (χ4n) is 1.67. The second-order valence-corrected chi connectivity index (χ2v) is 5.32.